The molecule has 76 valence electrons. The van der Waals surface area contributed by atoms with Crippen molar-refractivity contribution < 1.29 is 4.79 Å². The van der Waals surface area contributed by atoms with Gasteiger partial charge in [0.2, 0.25) is 0 Å². The second kappa shape index (κ2) is 4.27. The fraction of sp³-hybridized carbons (Fsp3) is 0.385. The zero-order chi connectivity index (χ0) is 10.7. The summed E-state index contributed by atoms with van der Waals surface area (Å²) in [4.78, 5) is 15.0. The van der Waals surface area contributed by atoms with E-state index in [0.29, 0.717) is 11.5 Å². The lowest BCUT2D eigenvalue weighted by molar-refractivity contribution is -0.121. The molecule has 1 saturated carbocycles. The van der Waals surface area contributed by atoms with Gasteiger partial charge < -0.3 is 0 Å². The SMILES string of the molecule is [C-]#[N+]c1ccc(C2CCCCC2=O)cc1. The summed E-state index contributed by atoms with van der Waals surface area (Å²) in [6.45, 7) is 6.86. The van der Waals surface area contributed by atoms with Gasteiger partial charge in [-0.2, -0.15) is 0 Å². The van der Waals surface area contributed by atoms with Crippen LogP contribution in [-0.2, 0) is 4.79 Å². The van der Waals surface area contributed by atoms with Gasteiger partial charge in [0.1, 0.15) is 5.78 Å². The summed E-state index contributed by atoms with van der Waals surface area (Å²) in [6, 6.07) is 7.43. The molecule has 15 heavy (non-hydrogen) atoms. The minimum absolute atomic E-state index is 0.0820. The fourth-order valence-electron chi connectivity index (χ4n) is 2.12. The van der Waals surface area contributed by atoms with Gasteiger partial charge in [-0.05, 0) is 18.4 Å². The lowest BCUT2D eigenvalue weighted by Gasteiger charge is -2.20. The second-order valence-electron chi connectivity index (χ2n) is 3.97. The first-order valence-electron chi connectivity index (χ1n) is 5.31. The summed E-state index contributed by atoms with van der Waals surface area (Å²) < 4.78 is 0. The number of carbonyl (C=O) groups excluding carboxylic acids is 1. The minimum atomic E-state index is 0.0820. The summed E-state index contributed by atoms with van der Waals surface area (Å²) in [5.41, 5.74) is 1.72. The van der Waals surface area contributed by atoms with Crippen molar-refractivity contribution in [1.82, 2.24) is 0 Å². The Hall–Kier alpha value is -1.62. The van der Waals surface area contributed by atoms with Gasteiger partial charge >= 0.3 is 0 Å². The third kappa shape index (κ3) is 2.07. The smallest absolute Gasteiger partial charge is 0.187 e. The summed E-state index contributed by atoms with van der Waals surface area (Å²) >= 11 is 0. The molecule has 1 aliphatic rings. The van der Waals surface area contributed by atoms with E-state index in [1.165, 1.54) is 0 Å². The maximum atomic E-state index is 11.7. The van der Waals surface area contributed by atoms with Crippen LogP contribution in [0.5, 0.6) is 0 Å². The van der Waals surface area contributed by atoms with Crippen LogP contribution in [0, 0.1) is 6.57 Å². The molecule has 0 aromatic heterocycles. The van der Waals surface area contributed by atoms with Crippen LogP contribution in [0.15, 0.2) is 24.3 Å². The summed E-state index contributed by atoms with van der Waals surface area (Å²) in [5.74, 6) is 0.440. The van der Waals surface area contributed by atoms with E-state index in [-0.39, 0.29) is 5.92 Å². The van der Waals surface area contributed by atoms with Gasteiger partial charge in [-0.1, -0.05) is 30.7 Å². The van der Waals surface area contributed by atoms with Crippen molar-refractivity contribution in [2.24, 2.45) is 0 Å². The highest BCUT2D eigenvalue weighted by atomic mass is 16.1. The molecule has 0 aliphatic heterocycles. The number of Topliss-reactive ketones (excluding diaryl/α,β-unsaturated/α-hetero) is 1. The van der Waals surface area contributed by atoms with Crippen molar-refractivity contribution in [3.05, 3.63) is 41.2 Å². The number of benzene rings is 1. The Bertz CT molecular complexity index is 400. The van der Waals surface area contributed by atoms with Gasteiger partial charge in [0.25, 0.3) is 0 Å². The molecule has 1 aromatic carbocycles. The highest BCUT2D eigenvalue weighted by Crippen LogP contribution is 2.30. The lowest BCUT2D eigenvalue weighted by Crippen LogP contribution is -2.16. The zero-order valence-corrected chi connectivity index (χ0v) is 8.57. The Labute approximate surface area is 89.7 Å². The molecule has 0 saturated heterocycles. The van der Waals surface area contributed by atoms with Crippen LogP contribution in [0.1, 0.15) is 37.2 Å². The Morgan fingerprint density at radius 2 is 1.93 bits per heavy atom. The van der Waals surface area contributed by atoms with E-state index in [9.17, 15) is 4.79 Å². The van der Waals surface area contributed by atoms with Crippen molar-refractivity contribution in [3.63, 3.8) is 0 Å². The maximum absolute atomic E-state index is 11.7. The number of hydrogen-bond donors (Lipinski definition) is 0. The van der Waals surface area contributed by atoms with Crippen LogP contribution in [-0.4, -0.2) is 5.78 Å². The number of carbonyl (C=O) groups is 1. The monoisotopic (exact) mass is 199 g/mol. The molecular weight excluding hydrogens is 186 g/mol. The Morgan fingerprint density at radius 1 is 1.20 bits per heavy atom. The average molecular weight is 199 g/mol. The summed E-state index contributed by atoms with van der Waals surface area (Å²) in [6.07, 6.45) is 3.86. The molecule has 1 atom stereocenters. The number of ketones is 1. The van der Waals surface area contributed by atoms with Crippen molar-refractivity contribution in [2.45, 2.75) is 31.6 Å². The van der Waals surface area contributed by atoms with E-state index in [0.717, 1.165) is 31.2 Å². The van der Waals surface area contributed by atoms with Gasteiger partial charge in [0.05, 0.1) is 6.57 Å². The van der Waals surface area contributed by atoms with Gasteiger partial charge in [-0.15, -0.1) is 0 Å². The molecule has 0 amide bonds. The van der Waals surface area contributed by atoms with Crippen molar-refractivity contribution >= 4 is 11.5 Å². The van der Waals surface area contributed by atoms with Crippen molar-refractivity contribution in [2.75, 3.05) is 0 Å². The van der Waals surface area contributed by atoms with Crippen LogP contribution >= 0.6 is 0 Å². The first kappa shape index (κ1) is 9.92. The number of nitrogens with zero attached hydrogens (tertiary/aromatic N) is 1. The molecule has 0 spiro atoms. The van der Waals surface area contributed by atoms with Gasteiger partial charge in [0, 0.05) is 12.3 Å². The molecule has 2 nitrogen and oxygen atoms in total. The second-order valence-corrected chi connectivity index (χ2v) is 3.97. The van der Waals surface area contributed by atoms with Crippen molar-refractivity contribution in [3.8, 4) is 0 Å². The normalized spacial score (nSPS) is 21.0. The molecule has 2 heteroatoms. The van der Waals surface area contributed by atoms with Crippen LogP contribution in [0.25, 0.3) is 4.85 Å². The minimum Gasteiger partial charge on any atom is -0.299 e. The zero-order valence-electron chi connectivity index (χ0n) is 8.57. The standard InChI is InChI=1S/C13H13NO/c1-14-11-8-6-10(7-9-11)12-4-2-3-5-13(12)15/h6-9,12H,2-5H2. The Kier molecular flexibility index (Phi) is 2.82. The maximum Gasteiger partial charge on any atom is 0.187 e. The fourth-order valence-corrected chi connectivity index (χ4v) is 2.12. The highest BCUT2D eigenvalue weighted by molar-refractivity contribution is 5.86. The molecule has 1 unspecified atom stereocenters. The quantitative estimate of drug-likeness (QED) is 0.634. The van der Waals surface area contributed by atoms with Crippen LogP contribution in [0.2, 0.25) is 0 Å². The first-order valence-corrected chi connectivity index (χ1v) is 5.31. The Balaban J connectivity index is 2.21. The van der Waals surface area contributed by atoms with Gasteiger partial charge in [-0.3, -0.25) is 4.79 Å². The number of hydrogen-bond acceptors (Lipinski definition) is 1. The molecule has 0 heterocycles. The van der Waals surface area contributed by atoms with E-state index in [1.807, 2.05) is 12.1 Å². The number of rotatable bonds is 1. The van der Waals surface area contributed by atoms with Crippen LogP contribution in [0.3, 0.4) is 0 Å². The van der Waals surface area contributed by atoms with E-state index >= 15 is 0 Å². The molecule has 0 bridgehead atoms. The first-order chi connectivity index (χ1) is 7.31. The molecule has 0 N–H and O–H groups in total. The van der Waals surface area contributed by atoms with E-state index < -0.39 is 0 Å². The third-order valence-electron chi connectivity index (χ3n) is 2.98. The van der Waals surface area contributed by atoms with Crippen LogP contribution in [0.4, 0.5) is 5.69 Å². The van der Waals surface area contributed by atoms with E-state index in [4.69, 9.17) is 6.57 Å². The van der Waals surface area contributed by atoms with E-state index in [1.54, 1.807) is 12.1 Å². The predicted molar refractivity (Wildman–Crippen MR) is 58.9 cm³/mol. The molecule has 1 fully saturated rings. The van der Waals surface area contributed by atoms with E-state index in [2.05, 4.69) is 4.85 Å². The molecule has 1 aromatic rings. The highest BCUT2D eigenvalue weighted by Gasteiger charge is 2.23. The lowest BCUT2D eigenvalue weighted by atomic mass is 9.83. The average Bonchev–Trinajstić information content (AvgIpc) is 2.30. The summed E-state index contributed by atoms with van der Waals surface area (Å²) in [7, 11) is 0. The predicted octanol–water partition coefficient (Wildman–Crippen LogP) is 3.46. The largest absolute Gasteiger partial charge is 0.299 e. The molecule has 1 aliphatic carbocycles. The van der Waals surface area contributed by atoms with Crippen LogP contribution < -0.4 is 0 Å². The molecular formula is C13H13NO. The molecule has 0 radical (unpaired) electrons. The molecule has 2 rings (SSSR count). The third-order valence-corrected chi connectivity index (χ3v) is 2.98. The van der Waals surface area contributed by atoms with Gasteiger partial charge in [0.15, 0.2) is 5.69 Å². The topological polar surface area (TPSA) is 21.4 Å². The van der Waals surface area contributed by atoms with Crippen molar-refractivity contribution in [1.29, 1.82) is 0 Å². The van der Waals surface area contributed by atoms with Gasteiger partial charge in [-0.25, -0.2) is 4.85 Å². The Morgan fingerprint density at radius 3 is 2.53 bits per heavy atom. The summed E-state index contributed by atoms with van der Waals surface area (Å²) in [5, 5.41) is 0.